The summed E-state index contributed by atoms with van der Waals surface area (Å²) < 4.78 is 4.25. The largest absolute Gasteiger partial charge is 0.453 e. The highest BCUT2D eigenvalue weighted by molar-refractivity contribution is 6.30. The molecule has 1 rings (SSSR count). The Morgan fingerprint density at radius 1 is 1.40 bits per heavy atom. The highest BCUT2D eigenvalue weighted by Gasteiger charge is 2.06. The van der Waals surface area contributed by atoms with E-state index in [1.54, 1.807) is 24.3 Å². The summed E-state index contributed by atoms with van der Waals surface area (Å²) in [6.07, 6.45) is -0.825. The number of imide groups is 1. The second kappa shape index (κ2) is 5.21. The van der Waals surface area contributed by atoms with Crippen LogP contribution in [-0.4, -0.2) is 19.2 Å². The Balaban J connectivity index is 2.55. The molecule has 0 saturated carbocycles. The molecule has 0 unspecified atom stereocenters. The third kappa shape index (κ3) is 3.86. The van der Waals surface area contributed by atoms with E-state index < -0.39 is 12.1 Å². The quantitative estimate of drug-likeness (QED) is 0.775. The Labute approximate surface area is 91.4 Å². The number of carbonyl (C=O) groups is 2. The minimum atomic E-state index is -0.825. The van der Waals surface area contributed by atoms with Crippen molar-refractivity contribution in [2.45, 2.75) is 0 Å². The first-order chi connectivity index (χ1) is 7.11. The van der Waals surface area contributed by atoms with E-state index in [1.807, 2.05) is 5.32 Å². The van der Waals surface area contributed by atoms with Gasteiger partial charge in [-0.1, -0.05) is 17.7 Å². The van der Waals surface area contributed by atoms with Crippen molar-refractivity contribution in [3.63, 3.8) is 0 Å². The molecule has 5 nitrogen and oxygen atoms in total. The van der Waals surface area contributed by atoms with Gasteiger partial charge in [0, 0.05) is 10.7 Å². The number of rotatable bonds is 1. The van der Waals surface area contributed by atoms with Crippen LogP contribution < -0.4 is 10.6 Å². The summed E-state index contributed by atoms with van der Waals surface area (Å²) in [5, 5.41) is 4.85. The van der Waals surface area contributed by atoms with Gasteiger partial charge in [0.05, 0.1) is 7.11 Å². The summed E-state index contributed by atoms with van der Waals surface area (Å²) in [6.45, 7) is 0. The van der Waals surface area contributed by atoms with Crippen LogP contribution in [0, 0.1) is 0 Å². The average Bonchev–Trinajstić information content (AvgIpc) is 2.17. The highest BCUT2D eigenvalue weighted by Crippen LogP contribution is 2.14. The van der Waals surface area contributed by atoms with Crippen molar-refractivity contribution in [2.75, 3.05) is 12.4 Å². The van der Waals surface area contributed by atoms with Gasteiger partial charge in [-0.25, -0.2) is 14.9 Å². The lowest BCUT2D eigenvalue weighted by molar-refractivity contribution is 0.172. The topological polar surface area (TPSA) is 67.4 Å². The van der Waals surface area contributed by atoms with Crippen LogP contribution in [0.2, 0.25) is 5.02 Å². The molecule has 0 fully saturated rings. The molecule has 2 N–H and O–H groups in total. The minimum Gasteiger partial charge on any atom is -0.453 e. The van der Waals surface area contributed by atoms with Crippen molar-refractivity contribution in [1.29, 1.82) is 0 Å². The first-order valence-electron chi connectivity index (χ1n) is 4.03. The van der Waals surface area contributed by atoms with E-state index in [0.29, 0.717) is 10.7 Å². The number of carbonyl (C=O) groups excluding carboxylic acids is 2. The van der Waals surface area contributed by atoms with Crippen molar-refractivity contribution in [1.82, 2.24) is 5.32 Å². The Bertz CT molecular complexity index is 381. The first kappa shape index (κ1) is 11.3. The molecule has 0 aromatic heterocycles. The summed E-state index contributed by atoms with van der Waals surface area (Å²) in [6, 6.07) is 5.87. The number of benzene rings is 1. The summed E-state index contributed by atoms with van der Waals surface area (Å²) >= 11 is 5.70. The van der Waals surface area contributed by atoms with Gasteiger partial charge in [-0.2, -0.15) is 0 Å². The third-order valence-corrected chi connectivity index (χ3v) is 1.72. The smallest absolute Gasteiger partial charge is 0.415 e. The van der Waals surface area contributed by atoms with E-state index in [1.165, 1.54) is 7.11 Å². The molecule has 0 aliphatic carbocycles. The predicted octanol–water partition coefficient (Wildman–Crippen LogP) is 2.23. The first-order valence-corrected chi connectivity index (χ1v) is 4.41. The van der Waals surface area contributed by atoms with E-state index in [9.17, 15) is 9.59 Å². The number of alkyl carbamates (subject to hydrolysis) is 1. The third-order valence-electron chi connectivity index (χ3n) is 1.48. The van der Waals surface area contributed by atoms with Crippen molar-refractivity contribution in [2.24, 2.45) is 0 Å². The Morgan fingerprint density at radius 2 is 2.13 bits per heavy atom. The standard InChI is InChI=1S/C9H9ClN2O3/c1-15-9(14)12-8(13)11-7-4-2-3-6(10)5-7/h2-5H,1H3,(H2,11,12,13,14). The van der Waals surface area contributed by atoms with Gasteiger partial charge in [-0.05, 0) is 18.2 Å². The molecular weight excluding hydrogens is 220 g/mol. The van der Waals surface area contributed by atoms with Gasteiger partial charge in [-0.3, -0.25) is 0 Å². The zero-order chi connectivity index (χ0) is 11.3. The Hall–Kier alpha value is -1.75. The molecule has 80 valence electrons. The van der Waals surface area contributed by atoms with Gasteiger partial charge in [0.15, 0.2) is 0 Å². The van der Waals surface area contributed by atoms with Crippen LogP contribution in [0.25, 0.3) is 0 Å². The van der Waals surface area contributed by atoms with Gasteiger partial charge in [-0.15, -0.1) is 0 Å². The molecule has 0 heterocycles. The molecule has 6 heteroatoms. The van der Waals surface area contributed by atoms with E-state index in [2.05, 4.69) is 10.1 Å². The van der Waals surface area contributed by atoms with Gasteiger partial charge in [0.2, 0.25) is 0 Å². The van der Waals surface area contributed by atoms with Gasteiger partial charge in [0.25, 0.3) is 0 Å². The number of halogens is 1. The lowest BCUT2D eigenvalue weighted by Gasteiger charge is -2.05. The number of hydrogen-bond donors (Lipinski definition) is 2. The Morgan fingerprint density at radius 3 is 2.73 bits per heavy atom. The SMILES string of the molecule is COC(=O)NC(=O)Nc1cccc(Cl)c1. The molecule has 0 radical (unpaired) electrons. The monoisotopic (exact) mass is 228 g/mol. The molecule has 3 amide bonds. The lowest BCUT2D eigenvalue weighted by Crippen LogP contribution is -2.34. The number of methoxy groups -OCH3 is 1. The van der Waals surface area contributed by atoms with Crippen molar-refractivity contribution >= 4 is 29.4 Å². The molecule has 0 bridgehead atoms. The molecule has 0 spiro atoms. The van der Waals surface area contributed by atoms with Gasteiger partial charge >= 0.3 is 12.1 Å². The lowest BCUT2D eigenvalue weighted by atomic mass is 10.3. The fourth-order valence-corrected chi connectivity index (χ4v) is 1.06. The van der Waals surface area contributed by atoms with E-state index in [-0.39, 0.29) is 0 Å². The fraction of sp³-hybridized carbons (Fsp3) is 0.111. The average molecular weight is 229 g/mol. The van der Waals surface area contributed by atoms with Crippen LogP contribution in [0.4, 0.5) is 15.3 Å². The molecule has 15 heavy (non-hydrogen) atoms. The number of amides is 3. The highest BCUT2D eigenvalue weighted by atomic mass is 35.5. The molecule has 1 aromatic rings. The van der Waals surface area contributed by atoms with Gasteiger partial charge in [0.1, 0.15) is 0 Å². The molecule has 1 aromatic carbocycles. The number of nitrogens with one attached hydrogen (secondary N) is 2. The zero-order valence-corrected chi connectivity index (χ0v) is 8.67. The van der Waals surface area contributed by atoms with Crippen LogP contribution in [-0.2, 0) is 4.74 Å². The fourth-order valence-electron chi connectivity index (χ4n) is 0.872. The molecule has 0 atom stereocenters. The number of urea groups is 1. The van der Waals surface area contributed by atoms with Crippen molar-refractivity contribution < 1.29 is 14.3 Å². The summed E-state index contributed by atoms with van der Waals surface area (Å²) in [4.78, 5) is 21.8. The number of anilines is 1. The maximum Gasteiger partial charge on any atom is 0.415 e. The molecule has 0 aliphatic rings. The molecule has 0 saturated heterocycles. The summed E-state index contributed by atoms with van der Waals surface area (Å²) in [5.41, 5.74) is 0.490. The number of hydrogen-bond acceptors (Lipinski definition) is 3. The second-order valence-electron chi connectivity index (χ2n) is 2.58. The van der Waals surface area contributed by atoms with Crippen molar-refractivity contribution in [3.8, 4) is 0 Å². The maximum absolute atomic E-state index is 11.1. The minimum absolute atomic E-state index is 0.490. The molecular formula is C9H9ClN2O3. The van der Waals surface area contributed by atoms with Crippen LogP contribution in [0.15, 0.2) is 24.3 Å². The zero-order valence-electron chi connectivity index (χ0n) is 7.91. The van der Waals surface area contributed by atoms with Crippen molar-refractivity contribution in [3.05, 3.63) is 29.3 Å². The van der Waals surface area contributed by atoms with Gasteiger partial charge < -0.3 is 10.1 Å². The maximum atomic E-state index is 11.1. The summed E-state index contributed by atoms with van der Waals surface area (Å²) in [7, 11) is 1.17. The normalized spacial score (nSPS) is 9.20. The second-order valence-corrected chi connectivity index (χ2v) is 3.02. The van der Waals surface area contributed by atoms with Crippen LogP contribution in [0.3, 0.4) is 0 Å². The van der Waals surface area contributed by atoms with E-state index >= 15 is 0 Å². The van der Waals surface area contributed by atoms with Crippen LogP contribution in [0.5, 0.6) is 0 Å². The Kier molecular flexibility index (Phi) is 3.93. The molecule has 0 aliphatic heterocycles. The van der Waals surface area contributed by atoms with Crippen LogP contribution >= 0.6 is 11.6 Å². The van der Waals surface area contributed by atoms with E-state index in [0.717, 1.165) is 0 Å². The predicted molar refractivity (Wildman–Crippen MR) is 56.0 cm³/mol. The van der Waals surface area contributed by atoms with Crippen LogP contribution in [0.1, 0.15) is 0 Å². The number of ether oxygens (including phenoxy) is 1. The summed E-state index contributed by atoms with van der Waals surface area (Å²) in [5.74, 6) is 0. The van der Waals surface area contributed by atoms with E-state index in [4.69, 9.17) is 11.6 Å².